The fourth-order valence-electron chi connectivity index (χ4n) is 3.80. The molecule has 2 aliphatic heterocycles. The average Bonchev–Trinajstić information content (AvgIpc) is 3.16. The van der Waals surface area contributed by atoms with Crippen LogP contribution in [-0.4, -0.2) is 49.4 Å². The first kappa shape index (κ1) is 20.7. The largest absolute Gasteiger partial charge is 0.356 e. The van der Waals surface area contributed by atoms with Crippen LogP contribution < -0.4 is 10.6 Å². The maximum Gasteiger partial charge on any atom is 0.227 e. The van der Waals surface area contributed by atoms with Crippen molar-refractivity contribution < 1.29 is 9.59 Å². The SMILES string of the molecule is Cl.O=C(NCCC1CCNC1)C1CCCN(C(=O)Cc2ccccc2)C1. The van der Waals surface area contributed by atoms with Crippen LogP contribution in [0.5, 0.6) is 0 Å². The molecule has 6 heteroatoms. The van der Waals surface area contributed by atoms with Crippen molar-refractivity contribution in [2.75, 3.05) is 32.7 Å². The number of nitrogens with zero attached hydrogens (tertiary/aromatic N) is 1. The third-order valence-electron chi connectivity index (χ3n) is 5.36. The normalized spacial score (nSPS) is 22.5. The van der Waals surface area contributed by atoms with Gasteiger partial charge in [-0.15, -0.1) is 12.4 Å². The molecule has 5 nitrogen and oxygen atoms in total. The molecule has 2 amide bonds. The van der Waals surface area contributed by atoms with Gasteiger partial charge in [-0.25, -0.2) is 0 Å². The first-order chi connectivity index (χ1) is 12.2. The summed E-state index contributed by atoms with van der Waals surface area (Å²) in [4.78, 5) is 26.8. The van der Waals surface area contributed by atoms with Gasteiger partial charge >= 0.3 is 0 Å². The summed E-state index contributed by atoms with van der Waals surface area (Å²) >= 11 is 0. The second-order valence-corrected chi connectivity index (χ2v) is 7.28. The minimum Gasteiger partial charge on any atom is -0.356 e. The molecule has 0 bridgehead atoms. The van der Waals surface area contributed by atoms with E-state index in [0.717, 1.165) is 51.0 Å². The summed E-state index contributed by atoms with van der Waals surface area (Å²) in [5.41, 5.74) is 1.03. The molecule has 2 saturated heterocycles. The number of rotatable bonds is 6. The van der Waals surface area contributed by atoms with Crippen LogP contribution in [0.3, 0.4) is 0 Å². The van der Waals surface area contributed by atoms with Crippen LogP contribution >= 0.6 is 12.4 Å². The summed E-state index contributed by atoms with van der Waals surface area (Å²) < 4.78 is 0. The molecule has 0 radical (unpaired) electrons. The minimum atomic E-state index is -0.0600. The smallest absolute Gasteiger partial charge is 0.227 e. The van der Waals surface area contributed by atoms with Crippen LogP contribution in [-0.2, 0) is 16.0 Å². The zero-order valence-electron chi connectivity index (χ0n) is 15.3. The van der Waals surface area contributed by atoms with Gasteiger partial charge in [0.15, 0.2) is 0 Å². The number of benzene rings is 1. The third-order valence-corrected chi connectivity index (χ3v) is 5.36. The number of hydrogen-bond donors (Lipinski definition) is 2. The molecule has 3 rings (SSSR count). The number of hydrogen-bond acceptors (Lipinski definition) is 3. The van der Waals surface area contributed by atoms with Crippen molar-refractivity contribution in [1.82, 2.24) is 15.5 Å². The van der Waals surface area contributed by atoms with E-state index in [0.29, 0.717) is 18.9 Å². The molecule has 2 heterocycles. The Hall–Kier alpha value is -1.59. The van der Waals surface area contributed by atoms with Crippen LogP contribution in [0.4, 0.5) is 0 Å². The molecule has 26 heavy (non-hydrogen) atoms. The first-order valence-corrected chi connectivity index (χ1v) is 9.52. The van der Waals surface area contributed by atoms with Gasteiger partial charge in [-0.2, -0.15) is 0 Å². The van der Waals surface area contributed by atoms with Crippen LogP contribution in [0, 0.1) is 11.8 Å². The van der Waals surface area contributed by atoms with E-state index in [4.69, 9.17) is 0 Å². The topological polar surface area (TPSA) is 61.4 Å². The van der Waals surface area contributed by atoms with Crippen molar-refractivity contribution in [1.29, 1.82) is 0 Å². The van der Waals surface area contributed by atoms with Crippen molar-refractivity contribution in [3.05, 3.63) is 35.9 Å². The summed E-state index contributed by atoms with van der Waals surface area (Å²) in [6, 6.07) is 9.81. The molecule has 144 valence electrons. The van der Waals surface area contributed by atoms with Gasteiger partial charge in [0.05, 0.1) is 12.3 Å². The van der Waals surface area contributed by atoms with Crippen LogP contribution in [0.25, 0.3) is 0 Å². The fraction of sp³-hybridized carbons (Fsp3) is 0.600. The highest BCUT2D eigenvalue weighted by molar-refractivity contribution is 5.85. The highest BCUT2D eigenvalue weighted by Gasteiger charge is 2.28. The molecule has 2 N–H and O–H groups in total. The molecule has 2 aliphatic rings. The van der Waals surface area contributed by atoms with Gasteiger partial charge in [-0.05, 0) is 50.3 Å². The van der Waals surface area contributed by atoms with Gasteiger partial charge in [-0.3, -0.25) is 9.59 Å². The predicted octanol–water partition coefficient (Wildman–Crippen LogP) is 2.01. The van der Waals surface area contributed by atoms with E-state index >= 15 is 0 Å². The quantitative estimate of drug-likeness (QED) is 0.794. The number of carbonyl (C=O) groups excluding carboxylic acids is 2. The van der Waals surface area contributed by atoms with E-state index < -0.39 is 0 Å². The van der Waals surface area contributed by atoms with Crippen molar-refractivity contribution >= 4 is 24.2 Å². The van der Waals surface area contributed by atoms with E-state index in [1.54, 1.807) is 0 Å². The number of carbonyl (C=O) groups is 2. The summed E-state index contributed by atoms with van der Waals surface area (Å²) in [6.07, 6.45) is 4.46. The molecule has 2 unspecified atom stereocenters. The summed E-state index contributed by atoms with van der Waals surface area (Å²) in [6.45, 7) is 4.24. The Morgan fingerprint density at radius 3 is 2.73 bits per heavy atom. The number of halogens is 1. The van der Waals surface area contributed by atoms with Gasteiger partial charge in [0.1, 0.15) is 0 Å². The van der Waals surface area contributed by atoms with Crippen molar-refractivity contribution in [2.45, 2.75) is 32.1 Å². The van der Waals surface area contributed by atoms with Gasteiger partial charge in [0, 0.05) is 19.6 Å². The zero-order chi connectivity index (χ0) is 17.5. The summed E-state index contributed by atoms with van der Waals surface area (Å²) in [7, 11) is 0. The lowest BCUT2D eigenvalue weighted by molar-refractivity contribution is -0.135. The predicted molar refractivity (Wildman–Crippen MR) is 105 cm³/mol. The van der Waals surface area contributed by atoms with Crippen LogP contribution in [0.15, 0.2) is 30.3 Å². The zero-order valence-corrected chi connectivity index (χ0v) is 16.1. The van der Waals surface area contributed by atoms with Gasteiger partial charge in [0.2, 0.25) is 11.8 Å². The summed E-state index contributed by atoms with van der Waals surface area (Å²) in [5, 5.41) is 6.44. The van der Waals surface area contributed by atoms with Gasteiger partial charge < -0.3 is 15.5 Å². The monoisotopic (exact) mass is 379 g/mol. The second-order valence-electron chi connectivity index (χ2n) is 7.28. The van der Waals surface area contributed by atoms with Gasteiger partial charge in [-0.1, -0.05) is 30.3 Å². The maximum atomic E-state index is 12.5. The highest BCUT2D eigenvalue weighted by atomic mass is 35.5. The standard InChI is InChI=1S/C20H29N3O2.ClH/c24-19(13-16-5-2-1-3-6-16)23-12-4-7-18(15-23)20(25)22-11-9-17-8-10-21-14-17;/h1-3,5-6,17-18,21H,4,7-15H2,(H,22,25);1H. The van der Waals surface area contributed by atoms with E-state index in [9.17, 15) is 9.59 Å². The molecular weight excluding hydrogens is 350 g/mol. The van der Waals surface area contributed by atoms with E-state index in [1.165, 1.54) is 6.42 Å². The average molecular weight is 380 g/mol. The molecule has 2 fully saturated rings. The molecule has 1 aromatic rings. The second kappa shape index (κ2) is 10.5. The Kier molecular flexibility index (Phi) is 8.39. The van der Waals surface area contributed by atoms with E-state index in [1.807, 2.05) is 35.2 Å². The first-order valence-electron chi connectivity index (χ1n) is 9.52. The Bertz CT molecular complexity index is 576. The van der Waals surface area contributed by atoms with E-state index in [2.05, 4.69) is 10.6 Å². The third kappa shape index (κ3) is 5.99. The summed E-state index contributed by atoms with van der Waals surface area (Å²) in [5.74, 6) is 0.870. The molecule has 1 aromatic carbocycles. The number of amides is 2. The number of piperidine rings is 1. The lowest BCUT2D eigenvalue weighted by Crippen LogP contribution is -2.46. The molecule has 2 atom stereocenters. The van der Waals surface area contributed by atoms with Crippen LogP contribution in [0.1, 0.15) is 31.2 Å². The Labute approximate surface area is 162 Å². The Morgan fingerprint density at radius 1 is 1.19 bits per heavy atom. The number of nitrogens with one attached hydrogen (secondary N) is 2. The molecule has 0 aromatic heterocycles. The molecular formula is C20H30ClN3O2. The van der Waals surface area contributed by atoms with Crippen molar-refractivity contribution in [2.24, 2.45) is 11.8 Å². The molecule has 0 spiro atoms. The maximum absolute atomic E-state index is 12.5. The van der Waals surface area contributed by atoms with Crippen molar-refractivity contribution in [3.63, 3.8) is 0 Å². The lowest BCUT2D eigenvalue weighted by Gasteiger charge is -2.32. The van der Waals surface area contributed by atoms with Crippen LogP contribution in [0.2, 0.25) is 0 Å². The van der Waals surface area contributed by atoms with Gasteiger partial charge in [0.25, 0.3) is 0 Å². The molecule has 0 aliphatic carbocycles. The minimum absolute atomic E-state index is 0. The number of likely N-dealkylation sites (tertiary alicyclic amines) is 1. The van der Waals surface area contributed by atoms with E-state index in [-0.39, 0.29) is 30.1 Å². The Morgan fingerprint density at radius 2 is 2.00 bits per heavy atom. The highest BCUT2D eigenvalue weighted by Crippen LogP contribution is 2.18. The molecule has 0 saturated carbocycles. The van der Waals surface area contributed by atoms with Crippen molar-refractivity contribution in [3.8, 4) is 0 Å². The lowest BCUT2D eigenvalue weighted by atomic mass is 9.96. The Balaban J connectivity index is 0.00000243. The fourth-order valence-corrected chi connectivity index (χ4v) is 3.80.